The van der Waals surface area contributed by atoms with Gasteiger partial charge in [-0.25, -0.2) is 0 Å². The Morgan fingerprint density at radius 2 is 1.38 bits per heavy atom. The molecule has 1 saturated carbocycles. The van der Waals surface area contributed by atoms with Gasteiger partial charge in [0.2, 0.25) is 7.71 Å². The fraction of sp³-hybridized carbons (Fsp3) is 1.00. The summed E-state index contributed by atoms with van der Waals surface area (Å²) in [6, 6.07) is 0. The van der Waals surface area contributed by atoms with Crippen LogP contribution in [0.1, 0.15) is 19.3 Å². The SMILES string of the molecule is CN(C)[P+](C1CCCC2C(O)NC(O)C21)(N(C)C)N(C)C. The Kier molecular flexibility index (Phi) is 5.31. The van der Waals surface area contributed by atoms with E-state index >= 15 is 0 Å². The molecule has 6 nitrogen and oxygen atoms in total. The van der Waals surface area contributed by atoms with Crippen LogP contribution in [0.3, 0.4) is 0 Å². The average molecular weight is 319 g/mol. The van der Waals surface area contributed by atoms with E-state index in [9.17, 15) is 10.2 Å². The molecule has 7 heteroatoms. The lowest BCUT2D eigenvalue weighted by Crippen LogP contribution is -2.50. The molecule has 2 rings (SSSR count). The van der Waals surface area contributed by atoms with Crippen LogP contribution in [0.5, 0.6) is 0 Å². The van der Waals surface area contributed by atoms with Crippen LogP contribution in [-0.4, -0.2) is 84.6 Å². The number of fused-ring (bicyclic) bond motifs is 1. The van der Waals surface area contributed by atoms with Crippen LogP contribution in [0.2, 0.25) is 0 Å². The number of nitrogens with zero attached hydrogens (tertiary/aromatic N) is 3. The van der Waals surface area contributed by atoms with Crippen molar-refractivity contribution in [1.29, 1.82) is 0 Å². The predicted octanol–water partition coefficient (Wildman–Crippen LogP) is 0.459. The first kappa shape index (κ1) is 17.5. The molecule has 1 aliphatic carbocycles. The van der Waals surface area contributed by atoms with Gasteiger partial charge in [-0.2, -0.15) is 14.0 Å². The number of rotatable bonds is 4. The molecule has 0 spiro atoms. The zero-order chi connectivity index (χ0) is 15.9. The molecule has 3 N–H and O–H groups in total. The Hall–Kier alpha value is 0.190. The highest BCUT2D eigenvalue weighted by atomic mass is 31.2. The minimum Gasteiger partial charge on any atom is -0.378 e. The van der Waals surface area contributed by atoms with Crippen LogP contribution in [0.4, 0.5) is 0 Å². The molecule has 0 radical (unpaired) electrons. The molecule has 1 heterocycles. The third-order valence-corrected chi connectivity index (χ3v) is 10.3. The summed E-state index contributed by atoms with van der Waals surface area (Å²) < 4.78 is 7.03. The Bertz CT molecular complexity index is 345. The van der Waals surface area contributed by atoms with Crippen LogP contribution >= 0.6 is 7.71 Å². The Morgan fingerprint density at radius 3 is 1.86 bits per heavy atom. The van der Waals surface area contributed by atoms with Gasteiger partial charge in [-0.1, -0.05) is 0 Å². The fourth-order valence-corrected chi connectivity index (χ4v) is 10.1. The number of hydrogen-bond acceptors (Lipinski definition) is 6. The van der Waals surface area contributed by atoms with E-state index in [2.05, 4.69) is 61.6 Å². The largest absolute Gasteiger partial charge is 0.378 e. The minimum atomic E-state index is -1.73. The lowest BCUT2D eigenvalue weighted by atomic mass is 9.80. The third-order valence-electron chi connectivity index (χ3n) is 5.30. The number of aliphatic hydroxyl groups is 2. The number of hydrogen-bond donors (Lipinski definition) is 3. The third kappa shape index (κ3) is 2.65. The van der Waals surface area contributed by atoms with E-state index in [0.29, 0.717) is 5.66 Å². The van der Waals surface area contributed by atoms with Crippen molar-refractivity contribution in [2.24, 2.45) is 11.8 Å². The zero-order valence-electron chi connectivity index (χ0n) is 14.2. The monoisotopic (exact) mass is 319 g/mol. The maximum absolute atomic E-state index is 10.5. The summed E-state index contributed by atoms with van der Waals surface area (Å²) in [6.45, 7) is 0. The van der Waals surface area contributed by atoms with Crippen LogP contribution in [0, 0.1) is 11.8 Å². The highest BCUT2D eigenvalue weighted by molar-refractivity contribution is 7.69. The van der Waals surface area contributed by atoms with Gasteiger partial charge in [0.25, 0.3) is 0 Å². The highest BCUT2D eigenvalue weighted by Gasteiger charge is 2.63. The van der Waals surface area contributed by atoms with Crippen molar-refractivity contribution >= 4 is 7.71 Å². The number of nitrogens with one attached hydrogen (secondary N) is 1. The maximum Gasteiger partial charge on any atom is 0.229 e. The van der Waals surface area contributed by atoms with Gasteiger partial charge in [-0.05, 0) is 19.3 Å². The molecular weight excluding hydrogens is 287 g/mol. The van der Waals surface area contributed by atoms with Gasteiger partial charge in [0.05, 0.1) is 0 Å². The summed E-state index contributed by atoms with van der Waals surface area (Å²) in [6.07, 6.45) is 2.06. The molecule has 0 amide bonds. The zero-order valence-corrected chi connectivity index (χ0v) is 15.1. The van der Waals surface area contributed by atoms with Crippen LogP contribution < -0.4 is 5.32 Å². The van der Waals surface area contributed by atoms with E-state index in [4.69, 9.17) is 0 Å². The van der Waals surface area contributed by atoms with E-state index in [1.54, 1.807) is 0 Å². The number of aliphatic hydroxyl groups excluding tert-OH is 2. The Labute approximate surface area is 129 Å². The standard InChI is InChI=1S/C14H32N4O2P/c1-16(2)21(17(3)4,18(5)6)11-9-7-8-10-12(11)14(20)15-13(10)19/h10-15,19-20H,7-9H2,1-6H3/q+1. The Balaban J connectivity index is 2.44. The molecule has 1 saturated heterocycles. The van der Waals surface area contributed by atoms with Crippen molar-refractivity contribution in [2.45, 2.75) is 37.4 Å². The first-order chi connectivity index (χ1) is 9.74. The van der Waals surface area contributed by atoms with Crippen molar-refractivity contribution in [3.05, 3.63) is 0 Å². The van der Waals surface area contributed by atoms with Crippen LogP contribution in [0.15, 0.2) is 0 Å². The lowest BCUT2D eigenvalue weighted by molar-refractivity contribution is 0.0811. The molecule has 1 aliphatic heterocycles. The van der Waals surface area contributed by atoms with Crippen molar-refractivity contribution in [3.63, 3.8) is 0 Å². The molecule has 124 valence electrons. The van der Waals surface area contributed by atoms with Gasteiger partial charge >= 0.3 is 0 Å². The molecule has 0 aromatic carbocycles. The van der Waals surface area contributed by atoms with Crippen molar-refractivity contribution in [1.82, 2.24) is 19.3 Å². The molecule has 21 heavy (non-hydrogen) atoms. The quantitative estimate of drug-likeness (QED) is 0.655. The molecule has 0 aromatic rings. The fourth-order valence-electron chi connectivity index (χ4n) is 4.82. The first-order valence-electron chi connectivity index (χ1n) is 7.79. The molecule has 5 atom stereocenters. The second-order valence-corrected chi connectivity index (χ2v) is 11.2. The summed E-state index contributed by atoms with van der Waals surface area (Å²) in [4.78, 5) is 0. The van der Waals surface area contributed by atoms with E-state index in [0.717, 1.165) is 19.3 Å². The molecule has 2 fully saturated rings. The Morgan fingerprint density at radius 1 is 0.857 bits per heavy atom. The molecule has 0 aromatic heterocycles. The topological polar surface area (TPSA) is 62.2 Å². The van der Waals surface area contributed by atoms with E-state index in [1.165, 1.54) is 0 Å². The molecular formula is C14H32N4O2P+. The normalized spacial score (nSPS) is 37.6. The van der Waals surface area contributed by atoms with Gasteiger partial charge < -0.3 is 10.2 Å². The maximum atomic E-state index is 10.5. The van der Waals surface area contributed by atoms with Gasteiger partial charge in [0.15, 0.2) is 0 Å². The van der Waals surface area contributed by atoms with Crippen molar-refractivity contribution in [2.75, 3.05) is 42.3 Å². The van der Waals surface area contributed by atoms with Crippen molar-refractivity contribution in [3.8, 4) is 0 Å². The second kappa shape index (κ2) is 6.36. The highest BCUT2D eigenvalue weighted by Crippen LogP contribution is 2.72. The van der Waals surface area contributed by atoms with Gasteiger partial charge in [0.1, 0.15) is 18.1 Å². The first-order valence-corrected chi connectivity index (χ1v) is 9.50. The van der Waals surface area contributed by atoms with Crippen LogP contribution in [-0.2, 0) is 0 Å². The van der Waals surface area contributed by atoms with E-state index in [-0.39, 0.29) is 11.8 Å². The minimum absolute atomic E-state index is 0.120. The summed E-state index contributed by atoms with van der Waals surface area (Å²) in [7, 11) is 11.1. The van der Waals surface area contributed by atoms with Gasteiger partial charge in [0, 0.05) is 54.1 Å². The summed E-state index contributed by atoms with van der Waals surface area (Å²) in [5.41, 5.74) is 0.371. The average Bonchev–Trinajstić information content (AvgIpc) is 2.65. The predicted molar refractivity (Wildman–Crippen MR) is 87.7 cm³/mol. The summed E-state index contributed by atoms with van der Waals surface area (Å²) >= 11 is 0. The molecule has 5 unspecified atom stereocenters. The lowest BCUT2D eigenvalue weighted by Gasteiger charge is -2.49. The van der Waals surface area contributed by atoms with Gasteiger partial charge in [-0.3, -0.25) is 5.32 Å². The molecule has 0 bridgehead atoms. The van der Waals surface area contributed by atoms with E-state index in [1.807, 2.05) is 0 Å². The van der Waals surface area contributed by atoms with Gasteiger partial charge in [-0.15, -0.1) is 0 Å². The molecule has 2 aliphatic rings. The summed E-state index contributed by atoms with van der Waals surface area (Å²) in [5.74, 6) is 0.284. The van der Waals surface area contributed by atoms with E-state index < -0.39 is 20.2 Å². The summed E-state index contributed by atoms with van der Waals surface area (Å²) in [5, 5.41) is 23.6. The van der Waals surface area contributed by atoms with Crippen molar-refractivity contribution < 1.29 is 10.2 Å². The van der Waals surface area contributed by atoms with Crippen LogP contribution in [0.25, 0.3) is 0 Å². The smallest absolute Gasteiger partial charge is 0.229 e. The second-order valence-electron chi connectivity index (χ2n) is 6.95.